The molecule has 4 rings (SSSR count). The number of nitrogens with zero attached hydrogens (tertiary/aromatic N) is 1. The number of hydrogen-bond acceptors (Lipinski definition) is 2. The van der Waals surface area contributed by atoms with Crippen LogP contribution in [-0.2, 0) is 6.42 Å². The first kappa shape index (κ1) is 15.9. The number of hydrogen-bond donors (Lipinski definition) is 2. The average molecular weight is 324 g/mol. The Morgan fingerprint density at radius 3 is 2.88 bits per heavy atom. The standard InChI is InChI=1S/C21H28N2O/c1-23-12-4-5-18(23)14-17-15-22-20-7-6-16(13-19(17)20)8-11-21(24)9-2-3-10-21/h6-8,11,13,15,18,22,24H,2-5,9-10,12,14H2,1H3/t18-/m1/s1. The number of H-pyrrole nitrogens is 1. The molecule has 0 radical (unpaired) electrons. The monoisotopic (exact) mass is 324 g/mol. The molecule has 2 heterocycles. The van der Waals surface area contributed by atoms with Gasteiger partial charge in [-0.3, -0.25) is 0 Å². The van der Waals surface area contributed by atoms with Crippen molar-refractivity contribution in [1.82, 2.24) is 9.88 Å². The van der Waals surface area contributed by atoms with Crippen molar-refractivity contribution in [3.8, 4) is 0 Å². The lowest BCUT2D eigenvalue weighted by atomic mass is 9.99. The van der Waals surface area contributed by atoms with Crippen LogP contribution >= 0.6 is 0 Å². The van der Waals surface area contributed by atoms with Crippen molar-refractivity contribution in [2.24, 2.45) is 0 Å². The molecule has 2 fully saturated rings. The smallest absolute Gasteiger partial charge is 0.0830 e. The maximum atomic E-state index is 10.5. The van der Waals surface area contributed by atoms with Crippen molar-refractivity contribution in [2.45, 2.75) is 56.6 Å². The molecule has 3 nitrogen and oxygen atoms in total. The number of fused-ring (bicyclic) bond motifs is 1. The second-order valence-electron chi connectivity index (χ2n) is 7.74. The Morgan fingerprint density at radius 1 is 1.29 bits per heavy atom. The van der Waals surface area contributed by atoms with E-state index in [1.165, 1.54) is 41.4 Å². The van der Waals surface area contributed by atoms with Crippen LogP contribution in [0.4, 0.5) is 0 Å². The molecule has 1 aromatic carbocycles. The average Bonchev–Trinajstić information content (AvgIpc) is 3.29. The fourth-order valence-corrected chi connectivity index (χ4v) is 4.36. The second kappa shape index (κ2) is 6.38. The summed E-state index contributed by atoms with van der Waals surface area (Å²) in [5.41, 5.74) is 3.23. The summed E-state index contributed by atoms with van der Waals surface area (Å²) in [7, 11) is 2.24. The van der Waals surface area contributed by atoms with Gasteiger partial charge in [0.25, 0.3) is 0 Å². The van der Waals surface area contributed by atoms with Crippen LogP contribution in [0, 0.1) is 0 Å². The molecule has 1 saturated heterocycles. The maximum absolute atomic E-state index is 10.5. The Labute approximate surface area is 144 Å². The minimum absolute atomic E-state index is 0.581. The van der Waals surface area contributed by atoms with Gasteiger partial charge >= 0.3 is 0 Å². The number of aliphatic hydroxyl groups is 1. The summed E-state index contributed by atoms with van der Waals surface area (Å²) in [6.45, 7) is 1.22. The van der Waals surface area contributed by atoms with Crippen LogP contribution < -0.4 is 0 Å². The third-order valence-electron chi connectivity index (χ3n) is 5.97. The Bertz CT molecular complexity index is 739. The summed E-state index contributed by atoms with van der Waals surface area (Å²) in [5.74, 6) is 0. The lowest BCUT2D eigenvalue weighted by molar-refractivity contribution is 0.100. The number of likely N-dealkylation sites (N-methyl/N-ethyl adjacent to an activating group) is 1. The van der Waals surface area contributed by atoms with Gasteiger partial charge in [0.1, 0.15) is 0 Å². The summed E-state index contributed by atoms with van der Waals surface area (Å²) < 4.78 is 0. The number of benzene rings is 1. The molecule has 2 aromatic rings. The van der Waals surface area contributed by atoms with Crippen LogP contribution in [0.15, 0.2) is 30.5 Å². The van der Waals surface area contributed by atoms with Gasteiger partial charge in [0.05, 0.1) is 5.60 Å². The predicted molar refractivity (Wildman–Crippen MR) is 100 cm³/mol. The summed E-state index contributed by atoms with van der Waals surface area (Å²) in [6, 6.07) is 7.24. The van der Waals surface area contributed by atoms with Gasteiger partial charge in [0.15, 0.2) is 0 Å². The van der Waals surface area contributed by atoms with Crippen LogP contribution in [0.3, 0.4) is 0 Å². The summed E-state index contributed by atoms with van der Waals surface area (Å²) in [6.07, 6.45) is 14.1. The molecule has 2 aliphatic rings. The molecular formula is C21H28N2O. The van der Waals surface area contributed by atoms with Gasteiger partial charge in [-0.1, -0.05) is 31.1 Å². The third kappa shape index (κ3) is 3.15. The molecule has 128 valence electrons. The molecule has 1 atom stereocenters. The first-order valence-electron chi connectivity index (χ1n) is 9.35. The highest BCUT2D eigenvalue weighted by molar-refractivity contribution is 5.85. The molecule has 0 unspecified atom stereocenters. The fourth-order valence-electron chi connectivity index (χ4n) is 4.36. The van der Waals surface area contributed by atoms with E-state index in [1.807, 2.05) is 6.08 Å². The highest BCUT2D eigenvalue weighted by Gasteiger charge is 2.27. The number of rotatable bonds is 4. The number of likely N-dealkylation sites (tertiary alicyclic amines) is 1. The van der Waals surface area contributed by atoms with Gasteiger partial charge in [-0.25, -0.2) is 0 Å². The molecule has 24 heavy (non-hydrogen) atoms. The fraction of sp³-hybridized carbons (Fsp3) is 0.524. The first-order chi connectivity index (χ1) is 11.6. The molecule has 1 saturated carbocycles. The molecule has 0 bridgehead atoms. The summed E-state index contributed by atoms with van der Waals surface area (Å²) >= 11 is 0. The SMILES string of the molecule is CN1CCC[C@@H]1Cc1c[nH]c2ccc(C=CC3(O)CCCC3)cc12. The molecule has 1 aliphatic heterocycles. The molecule has 1 aromatic heterocycles. The Balaban J connectivity index is 1.57. The molecular weight excluding hydrogens is 296 g/mol. The minimum atomic E-state index is -0.581. The van der Waals surface area contributed by atoms with Crippen LogP contribution in [-0.4, -0.2) is 40.2 Å². The zero-order chi connectivity index (χ0) is 16.6. The topological polar surface area (TPSA) is 39.3 Å². The Hall–Kier alpha value is -1.58. The second-order valence-corrected chi connectivity index (χ2v) is 7.74. The highest BCUT2D eigenvalue weighted by Crippen LogP contribution is 2.31. The molecule has 3 heteroatoms. The van der Waals surface area contributed by atoms with E-state index in [-0.39, 0.29) is 0 Å². The van der Waals surface area contributed by atoms with Gasteiger partial charge in [-0.2, -0.15) is 0 Å². The number of aromatic amines is 1. The van der Waals surface area contributed by atoms with E-state index in [2.05, 4.69) is 47.4 Å². The van der Waals surface area contributed by atoms with Gasteiger partial charge in [-0.05, 0) is 69.0 Å². The predicted octanol–water partition coefficient (Wildman–Crippen LogP) is 4.12. The quantitative estimate of drug-likeness (QED) is 0.888. The number of aromatic nitrogens is 1. The zero-order valence-corrected chi connectivity index (χ0v) is 14.6. The van der Waals surface area contributed by atoms with Crippen molar-refractivity contribution >= 4 is 17.0 Å². The van der Waals surface area contributed by atoms with Gasteiger partial charge in [0, 0.05) is 23.1 Å². The van der Waals surface area contributed by atoms with E-state index in [4.69, 9.17) is 0 Å². The van der Waals surface area contributed by atoms with Crippen LogP contribution in [0.25, 0.3) is 17.0 Å². The van der Waals surface area contributed by atoms with Gasteiger partial charge < -0.3 is 15.0 Å². The van der Waals surface area contributed by atoms with E-state index in [9.17, 15) is 5.11 Å². The summed E-state index contributed by atoms with van der Waals surface area (Å²) in [4.78, 5) is 5.90. The van der Waals surface area contributed by atoms with Crippen molar-refractivity contribution in [3.05, 3.63) is 41.6 Å². The van der Waals surface area contributed by atoms with Crippen LogP contribution in [0.5, 0.6) is 0 Å². The van der Waals surface area contributed by atoms with Crippen LogP contribution in [0.2, 0.25) is 0 Å². The Morgan fingerprint density at radius 2 is 2.12 bits per heavy atom. The van der Waals surface area contributed by atoms with Crippen molar-refractivity contribution in [3.63, 3.8) is 0 Å². The van der Waals surface area contributed by atoms with Gasteiger partial charge in [-0.15, -0.1) is 0 Å². The first-order valence-corrected chi connectivity index (χ1v) is 9.35. The van der Waals surface area contributed by atoms with Gasteiger partial charge in [0.2, 0.25) is 0 Å². The van der Waals surface area contributed by atoms with E-state index in [1.54, 1.807) is 0 Å². The lowest BCUT2D eigenvalue weighted by Gasteiger charge is -2.18. The van der Waals surface area contributed by atoms with Crippen molar-refractivity contribution in [2.75, 3.05) is 13.6 Å². The van der Waals surface area contributed by atoms with Crippen molar-refractivity contribution < 1.29 is 5.11 Å². The molecule has 0 spiro atoms. The molecule has 1 aliphatic carbocycles. The summed E-state index contributed by atoms with van der Waals surface area (Å²) in [5, 5.41) is 11.8. The third-order valence-corrected chi connectivity index (χ3v) is 5.97. The zero-order valence-electron chi connectivity index (χ0n) is 14.6. The largest absolute Gasteiger partial charge is 0.386 e. The maximum Gasteiger partial charge on any atom is 0.0830 e. The highest BCUT2D eigenvalue weighted by atomic mass is 16.3. The van der Waals surface area contributed by atoms with E-state index < -0.39 is 5.60 Å². The van der Waals surface area contributed by atoms with E-state index in [0.29, 0.717) is 6.04 Å². The van der Waals surface area contributed by atoms with Crippen LogP contribution in [0.1, 0.15) is 49.7 Å². The Kier molecular flexibility index (Phi) is 4.23. The molecule has 2 N–H and O–H groups in total. The normalized spacial score (nSPS) is 24.5. The molecule has 0 amide bonds. The lowest BCUT2D eigenvalue weighted by Crippen LogP contribution is -2.26. The number of nitrogens with one attached hydrogen (secondary N) is 1. The van der Waals surface area contributed by atoms with Crippen molar-refractivity contribution in [1.29, 1.82) is 0 Å². The minimum Gasteiger partial charge on any atom is -0.386 e. The van der Waals surface area contributed by atoms with E-state index in [0.717, 1.165) is 32.1 Å². The van der Waals surface area contributed by atoms with E-state index >= 15 is 0 Å².